The van der Waals surface area contributed by atoms with Crippen LogP contribution in [-0.2, 0) is 11.4 Å². The summed E-state index contributed by atoms with van der Waals surface area (Å²) in [4.78, 5) is 11.3. The third-order valence-electron chi connectivity index (χ3n) is 2.62. The fourth-order valence-electron chi connectivity index (χ4n) is 1.61. The number of aliphatic carboxylic acids is 1. The van der Waals surface area contributed by atoms with Gasteiger partial charge in [-0.2, -0.15) is 0 Å². The van der Waals surface area contributed by atoms with Crippen molar-refractivity contribution < 1.29 is 19.0 Å². The van der Waals surface area contributed by atoms with Crippen molar-refractivity contribution in [3.8, 4) is 5.75 Å². The first-order valence-electron chi connectivity index (χ1n) is 5.92. The van der Waals surface area contributed by atoms with Crippen LogP contribution in [0.2, 0.25) is 0 Å². The lowest BCUT2D eigenvalue weighted by Crippen LogP contribution is -1.96. The molecule has 0 aliphatic heterocycles. The molecule has 1 aromatic carbocycles. The average molecular weight is 292 g/mol. The van der Waals surface area contributed by atoms with Gasteiger partial charge in [-0.3, -0.25) is 0 Å². The van der Waals surface area contributed by atoms with Crippen molar-refractivity contribution >= 4 is 23.4 Å². The normalized spacial score (nSPS) is 10.9. The smallest absolute Gasteiger partial charge is 0.328 e. The molecule has 0 aliphatic rings. The largest absolute Gasteiger partial charge is 0.485 e. The second kappa shape index (κ2) is 6.34. The summed E-state index contributed by atoms with van der Waals surface area (Å²) in [6.07, 6.45) is 2.59. The maximum absolute atomic E-state index is 13.7. The van der Waals surface area contributed by atoms with E-state index in [2.05, 4.69) is 0 Å². The Morgan fingerprint density at radius 1 is 1.50 bits per heavy atom. The lowest BCUT2D eigenvalue weighted by Gasteiger charge is -2.07. The summed E-state index contributed by atoms with van der Waals surface area (Å²) in [5, 5.41) is 10.4. The first-order valence-corrected chi connectivity index (χ1v) is 6.80. The fourth-order valence-corrected chi connectivity index (χ4v) is 2.37. The van der Waals surface area contributed by atoms with Gasteiger partial charge in [0.2, 0.25) is 0 Å². The molecule has 0 radical (unpaired) electrons. The zero-order chi connectivity index (χ0) is 14.5. The maximum Gasteiger partial charge on any atom is 0.328 e. The topological polar surface area (TPSA) is 46.5 Å². The van der Waals surface area contributed by atoms with Crippen molar-refractivity contribution in [3.63, 3.8) is 0 Å². The third kappa shape index (κ3) is 3.68. The molecule has 20 heavy (non-hydrogen) atoms. The maximum atomic E-state index is 13.7. The quantitative estimate of drug-likeness (QED) is 0.851. The van der Waals surface area contributed by atoms with Gasteiger partial charge in [-0.05, 0) is 41.6 Å². The van der Waals surface area contributed by atoms with Crippen LogP contribution < -0.4 is 4.74 Å². The van der Waals surface area contributed by atoms with Gasteiger partial charge in [-0.1, -0.05) is 12.1 Å². The number of ether oxygens (including phenoxy) is 1. The molecule has 3 nitrogen and oxygen atoms in total. The van der Waals surface area contributed by atoms with E-state index in [0.29, 0.717) is 5.56 Å². The molecule has 0 fully saturated rings. The van der Waals surface area contributed by atoms with Gasteiger partial charge >= 0.3 is 5.97 Å². The number of halogens is 1. The molecule has 0 aliphatic carbocycles. The average Bonchev–Trinajstić information content (AvgIpc) is 2.86. The lowest BCUT2D eigenvalue weighted by atomic mass is 10.2. The SMILES string of the molecule is Cc1cccc(OCc2cc(/C=C/C(=O)O)cs2)c1F. The summed E-state index contributed by atoms with van der Waals surface area (Å²) in [6, 6.07) is 6.82. The Hall–Kier alpha value is -2.14. The van der Waals surface area contributed by atoms with E-state index in [0.717, 1.165) is 16.5 Å². The van der Waals surface area contributed by atoms with Crippen LogP contribution in [0.5, 0.6) is 5.75 Å². The molecule has 104 valence electrons. The second-order valence-corrected chi connectivity index (χ2v) is 5.19. The summed E-state index contributed by atoms with van der Waals surface area (Å²) < 4.78 is 19.2. The molecule has 0 saturated heterocycles. The van der Waals surface area contributed by atoms with Crippen LogP contribution >= 0.6 is 11.3 Å². The number of carboxylic acids is 1. The van der Waals surface area contributed by atoms with Crippen LogP contribution in [-0.4, -0.2) is 11.1 Å². The predicted octanol–water partition coefficient (Wildman–Crippen LogP) is 3.87. The Kier molecular flexibility index (Phi) is 4.53. The van der Waals surface area contributed by atoms with Crippen molar-refractivity contribution in [2.24, 2.45) is 0 Å². The zero-order valence-electron chi connectivity index (χ0n) is 10.8. The molecule has 1 heterocycles. The van der Waals surface area contributed by atoms with E-state index in [1.54, 1.807) is 25.1 Å². The monoisotopic (exact) mass is 292 g/mol. The number of carbonyl (C=O) groups is 1. The van der Waals surface area contributed by atoms with Crippen LogP contribution in [0.3, 0.4) is 0 Å². The number of aryl methyl sites for hydroxylation is 1. The predicted molar refractivity (Wildman–Crippen MR) is 76.5 cm³/mol. The van der Waals surface area contributed by atoms with Crippen molar-refractivity contribution in [1.82, 2.24) is 0 Å². The van der Waals surface area contributed by atoms with Gasteiger partial charge in [0.05, 0.1) is 0 Å². The molecule has 1 N–H and O–H groups in total. The Morgan fingerprint density at radius 3 is 3.05 bits per heavy atom. The van der Waals surface area contributed by atoms with Crippen LogP contribution in [0.4, 0.5) is 4.39 Å². The van der Waals surface area contributed by atoms with E-state index in [1.807, 2.05) is 11.4 Å². The summed E-state index contributed by atoms with van der Waals surface area (Å²) in [5.41, 5.74) is 1.33. The van der Waals surface area contributed by atoms with Gasteiger partial charge in [0.1, 0.15) is 6.61 Å². The molecule has 0 amide bonds. The molecule has 0 atom stereocenters. The van der Waals surface area contributed by atoms with Gasteiger partial charge in [0.15, 0.2) is 11.6 Å². The number of benzene rings is 1. The van der Waals surface area contributed by atoms with Gasteiger partial charge in [-0.15, -0.1) is 11.3 Å². The summed E-state index contributed by atoms with van der Waals surface area (Å²) in [6.45, 7) is 1.94. The number of carboxylic acid groups (broad SMARTS) is 1. The molecule has 2 aromatic rings. The number of rotatable bonds is 5. The van der Waals surface area contributed by atoms with Crippen LogP contribution in [0.1, 0.15) is 16.0 Å². The second-order valence-electron chi connectivity index (χ2n) is 4.19. The van der Waals surface area contributed by atoms with Crippen molar-refractivity contribution in [2.75, 3.05) is 0 Å². The first-order chi connectivity index (χ1) is 9.56. The highest BCUT2D eigenvalue weighted by molar-refractivity contribution is 7.10. The van der Waals surface area contributed by atoms with E-state index < -0.39 is 5.97 Å². The minimum Gasteiger partial charge on any atom is -0.485 e. The molecule has 0 unspecified atom stereocenters. The Bertz CT molecular complexity index is 646. The molecule has 0 saturated carbocycles. The van der Waals surface area contributed by atoms with E-state index >= 15 is 0 Å². The lowest BCUT2D eigenvalue weighted by molar-refractivity contribution is -0.131. The molecular formula is C15H13FO3S. The van der Waals surface area contributed by atoms with Gasteiger partial charge in [0, 0.05) is 11.0 Å². The highest BCUT2D eigenvalue weighted by atomic mass is 32.1. The summed E-state index contributed by atoms with van der Waals surface area (Å²) in [7, 11) is 0. The van der Waals surface area contributed by atoms with Crippen LogP contribution in [0, 0.1) is 12.7 Å². The highest BCUT2D eigenvalue weighted by Gasteiger charge is 2.06. The highest BCUT2D eigenvalue weighted by Crippen LogP contribution is 2.23. The third-order valence-corrected chi connectivity index (χ3v) is 3.55. The van der Waals surface area contributed by atoms with Gasteiger partial charge in [0.25, 0.3) is 0 Å². The van der Waals surface area contributed by atoms with E-state index in [4.69, 9.17) is 9.84 Å². The Morgan fingerprint density at radius 2 is 2.30 bits per heavy atom. The fraction of sp³-hybridized carbons (Fsp3) is 0.133. The van der Waals surface area contributed by atoms with Crippen molar-refractivity contribution in [1.29, 1.82) is 0 Å². The standard InChI is InChI=1S/C15H13FO3S/c1-10-3-2-4-13(15(10)16)19-8-12-7-11(9-20-12)5-6-14(17)18/h2-7,9H,8H2,1H3,(H,17,18)/b6-5+. The molecule has 0 spiro atoms. The van der Waals surface area contributed by atoms with Crippen molar-refractivity contribution in [2.45, 2.75) is 13.5 Å². The first kappa shape index (κ1) is 14.3. The Balaban J connectivity index is 2.01. The number of hydrogen-bond donors (Lipinski definition) is 1. The van der Waals surface area contributed by atoms with Gasteiger partial charge < -0.3 is 9.84 Å². The van der Waals surface area contributed by atoms with Crippen LogP contribution in [0.15, 0.2) is 35.7 Å². The van der Waals surface area contributed by atoms with E-state index in [1.165, 1.54) is 17.4 Å². The zero-order valence-corrected chi connectivity index (χ0v) is 11.6. The molecular weight excluding hydrogens is 279 g/mol. The molecule has 1 aromatic heterocycles. The summed E-state index contributed by atoms with van der Waals surface area (Å²) in [5.74, 6) is -1.12. The van der Waals surface area contributed by atoms with E-state index in [9.17, 15) is 9.18 Å². The number of thiophene rings is 1. The van der Waals surface area contributed by atoms with Gasteiger partial charge in [-0.25, -0.2) is 9.18 Å². The van der Waals surface area contributed by atoms with E-state index in [-0.39, 0.29) is 18.2 Å². The number of hydrogen-bond acceptors (Lipinski definition) is 3. The Labute approximate surface area is 119 Å². The molecule has 5 heteroatoms. The summed E-state index contributed by atoms with van der Waals surface area (Å²) >= 11 is 1.44. The van der Waals surface area contributed by atoms with Crippen LogP contribution in [0.25, 0.3) is 6.08 Å². The van der Waals surface area contributed by atoms with Crippen molar-refractivity contribution in [3.05, 3.63) is 57.5 Å². The minimum absolute atomic E-state index is 0.223. The molecule has 0 bridgehead atoms. The molecule has 2 rings (SSSR count). The minimum atomic E-state index is -0.990.